The minimum atomic E-state index is -2.77. The third-order valence-electron chi connectivity index (χ3n) is 5.53. The lowest BCUT2D eigenvalue weighted by Crippen LogP contribution is -2.55. The van der Waals surface area contributed by atoms with E-state index in [2.05, 4.69) is 36.3 Å². The molecule has 0 spiro atoms. The van der Waals surface area contributed by atoms with Gasteiger partial charge in [-0.25, -0.2) is 13.8 Å². The maximum absolute atomic E-state index is 12.8. The van der Waals surface area contributed by atoms with Gasteiger partial charge in [0.25, 0.3) is 12.3 Å². The van der Waals surface area contributed by atoms with Gasteiger partial charge in [-0.2, -0.15) is 0 Å². The number of aryl methyl sites for hydroxylation is 1. The van der Waals surface area contributed by atoms with Gasteiger partial charge in [-0.3, -0.25) is 0 Å². The zero-order chi connectivity index (χ0) is 21.8. The summed E-state index contributed by atoms with van der Waals surface area (Å²) in [5.74, 6) is 0.225. The molecule has 0 unspecified atom stereocenters. The summed E-state index contributed by atoms with van der Waals surface area (Å²) in [5, 5.41) is 21.5. The smallest absolute Gasteiger partial charge is 0.316 e. The van der Waals surface area contributed by atoms with Gasteiger partial charge in [-0.05, 0) is 41.7 Å². The number of anilines is 2. The van der Waals surface area contributed by atoms with E-state index in [4.69, 9.17) is 15.1 Å². The first kappa shape index (κ1) is 20.5. The average molecular weight is 417 g/mol. The fourth-order valence-corrected chi connectivity index (χ4v) is 3.83. The maximum atomic E-state index is 12.8. The summed E-state index contributed by atoms with van der Waals surface area (Å²) >= 11 is 0. The van der Waals surface area contributed by atoms with Crippen molar-refractivity contribution in [1.29, 1.82) is 0 Å². The zero-order valence-corrected chi connectivity index (χ0v) is 17.3. The molecule has 1 saturated carbocycles. The Morgan fingerprint density at radius 3 is 2.57 bits per heavy atom. The lowest BCUT2D eigenvalue weighted by Gasteiger charge is -2.42. The first-order chi connectivity index (χ1) is 14.0. The van der Waals surface area contributed by atoms with E-state index < -0.39 is 12.0 Å². The van der Waals surface area contributed by atoms with Crippen molar-refractivity contribution in [1.82, 2.24) is 15.2 Å². The monoisotopic (exact) mass is 417 g/mol. The number of aromatic nitrogens is 3. The quantitative estimate of drug-likeness (QED) is 0.550. The fourth-order valence-electron chi connectivity index (χ4n) is 3.83. The van der Waals surface area contributed by atoms with Gasteiger partial charge in [-0.1, -0.05) is 25.9 Å². The molecule has 0 amide bonds. The van der Waals surface area contributed by atoms with Crippen molar-refractivity contribution in [3.63, 3.8) is 0 Å². The van der Waals surface area contributed by atoms with Crippen molar-refractivity contribution >= 4 is 22.6 Å². The molecule has 7 nitrogen and oxygen atoms in total. The van der Waals surface area contributed by atoms with Gasteiger partial charge in [0.1, 0.15) is 11.3 Å². The average Bonchev–Trinajstić information content (AvgIpc) is 3.08. The van der Waals surface area contributed by atoms with E-state index in [9.17, 15) is 13.9 Å². The van der Waals surface area contributed by atoms with E-state index in [1.807, 2.05) is 25.1 Å². The number of hydrogen-bond acceptors (Lipinski definition) is 7. The number of nitrogens with two attached hydrogens (primary N) is 1. The van der Waals surface area contributed by atoms with Crippen molar-refractivity contribution in [3.05, 3.63) is 29.3 Å². The number of hydrogen-bond donors (Lipinski definition) is 3. The lowest BCUT2D eigenvalue weighted by molar-refractivity contribution is -0.148. The van der Waals surface area contributed by atoms with E-state index in [0.717, 1.165) is 22.0 Å². The van der Waals surface area contributed by atoms with Crippen LogP contribution in [0.15, 0.2) is 22.6 Å². The molecule has 1 aromatic carbocycles. The van der Waals surface area contributed by atoms with Gasteiger partial charge in [0.2, 0.25) is 0 Å². The van der Waals surface area contributed by atoms with Crippen LogP contribution in [0.1, 0.15) is 44.7 Å². The number of nitrogens with one attached hydrogen (secondary N) is 1. The second-order valence-electron chi connectivity index (χ2n) is 9.11. The number of pyridine rings is 1. The summed E-state index contributed by atoms with van der Waals surface area (Å²) in [7, 11) is 0. The largest absolute Gasteiger partial charge is 0.402 e. The van der Waals surface area contributed by atoms with Crippen molar-refractivity contribution in [3.8, 4) is 11.6 Å². The molecule has 30 heavy (non-hydrogen) atoms. The summed E-state index contributed by atoms with van der Waals surface area (Å²) in [6.45, 7) is 8.25. The number of nitrogen functional groups attached to an aromatic ring is 1. The van der Waals surface area contributed by atoms with Crippen LogP contribution in [0, 0.1) is 6.92 Å². The van der Waals surface area contributed by atoms with Crippen LogP contribution in [-0.4, -0.2) is 38.4 Å². The van der Waals surface area contributed by atoms with Crippen LogP contribution >= 0.6 is 0 Å². The number of rotatable bonds is 4. The minimum Gasteiger partial charge on any atom is -0.402 e. The van der Waals surface area contributed by atoms with Crippen molar-refractivity contribution in [2.45, 2.75) is 64.0 Å². The van der Waals surface area contributed by atoms with Crippen molar-refractivity contribution < 1.29 is 18.3 Å². The number of aliphatic hydroxyl groups is 1. The molecular formula is C21H25F2N5O2. The Labute approximate surface area is 172 Å². The van der Waals surface area contributed by atoms with Crippen molar-refractivity contribution in [2.75, 3.05) is 11.1 Å². The standard InChI is InChI=1S/C21H25F2N5O2/c1-10-5-15(26-16-13(10)6-11(24)7-14(16)20(2,3)4)17-27-28-19(30-17)25-12-8-21(29,9-12)18(22)23/h5-7,12,18,29H,8-9,24H2,1-4H3,(H,25,28)/t12-,21+. The molecule has 160 valence electrons. The third kappa shape index (κ3) is 3.58. The Balaban J connectivity index is 1.64. The van der Waals surface area contributed by atoms with E-state index in [-0.39, 0.29) is 36.2 Å². The van der Waals surface area contributed by atoms with Crippen LogP contribution < -0.4 is 11.1 Å². The minimum absolute atomic E-state index is 0.0773. The Hall–Kier alpha value is -2.81. The molecule has 1 aliphatic carbocycles. The molecule has 1 fully saturated rings. The van der Waals surface area contributed by atoms with Gasteiger partial charge < -0.3 is 20.6 Å². The molecular weight excluding hydrogens is 392 g/mol. The Morgan fingerprint density at radius 2 is 1.93 bits per heavy atom. The highest BCUT2D eigenvalue weighted by atomic mass is 19.3. The van der Waals surface area contributed by atoms with E-state index >= 15 is 0 Å². The number of halogens is 2. The molecule has 2 heterocycles. The van der Waals surface area contributed by atoms with E-state index in [1.54, 1.807) is 0 Å². The van der Waals surface area contributed by atoms with Gasteiger partial charge in [0, 0.05) is 30.0 Å². The Morgan fingerprint density at radius 1 is 1.23 bits per heavy atom. The molecule has 0 bridgehead atoms. The van der Waals surface area contributed by atoms with Gasteiger partial charge >= 0.3 is 6.01 Å². The summed E-state index contributed by atoms with van der Waals surface area (Å²) in [4.78, 5) is 4.77. The highest BCUT2D eigenvalue weighted by Gasteiger charge is 2.50. The zero-order valence-electron chi connectivity index (χ0n) is 17.3. The number of nitrogens with zero attached hydrogens (tertiary/aromatic N) is 3. The molecule has 2 aromatic heterocycles. The van der Waals surface area contributed by atoms with E-state index in [1.165, 1.54) is 0 Å². The molecule has 1 aliphatic rings. The molecule has 0 radical (unpaired) electrons. The topological polar surface area (TPSA) is 110 Å². The van der Waals surface area contributed by atoms with Crippen LogP contribution in [0.25, 0.3) is 22.5 Å². The summed E-state index contributed by atoms with van der Waals surface area (Å²) in [5.41, 5.74) is 8.00. The molecule has 4 rings (SSSR count). The molecule has 9 heteroatoms. The van der Waals surface area contributed by atoms with Gasteiger partial charge in [0.05, 0.1) is 5.52 Å². The number of benzene rings is 1. The first-order valence-electron chi connectivity index (χ1n) is 9.78. The van der Waals surface area contributed by atoms with Crippen LogP contribution in [0.2, 0.25) is 0 Å². The molecule has 3 aromatic rings. The molecule has 0 atom stereocenters. The predicted molar refractivity (Wildman–Crippen MR) is 110 cm³/mol. The number of alkyl halides is 2. The summed E-state index contributed by atoms with van der Waals surface area (Å²) < 4.78 is 31.2. The predicted octanol–water partition coefficient (Wildman–Crippen LogP) is 4.04. The lowest BCUT2D eigenvalue weighted by atomic mass is 9.76. The van der Waals surface area contributed by atoms with Crippen LogP contribution in [0.5, 0.6) is 0 Å². The third-order valence-corrected chi connectivity index (χ3v) is 5.53. The van der Waals surface area contributed by atoms with E-state index in [0.29, 0.717) is 11.4 Å². The molecule has 0 aliphatic heterocycles. The second-order valence-corrected chi connectivity index (χ2v) is 9.11. The molecule has 4 N–H and O–H groups in total. The SMILES string of the molecule is Cc1cc(-c2nnc(N[C@H]3C[C@](O)(C(F)F)C3)o2)nc2c(C(C)(C)C)cc(N)cc12. The van der Waals surface area contributed by atoms with Crippen LogP contribution in [0.3, 0.4) is 0 Å². The maximum Gasteiger partial charge on any atom is 0.316 e. The van der Waals surface area contributed by atoms with Gasteiger partial charge in [0.15, 0.2) is 0 Å². The normalized spacial score (nSPS) is 21.8. The first-order valence-corrected chi connectivity index (χ1v) is 9.78. The summed E-state index contributed by atoms with van der Waals surface area (Å²) in [6.07, 6.45) is -2.93. The summed E-state index contributed by atoms with van der Waals surface area (Å²) in [6, 6.07) is 5.45. The fraction of sp³-hybridized carbons (Fsp3) is 0.476. The van der Waals surface area contributed by atoms with Crippen LogP contribution in [-0.2, 0) is 5.41 Å². The van der Waals surface area contributed by atoms with Crippen LogP contribution in [0.4, 0.5) is 20.5 Å². The van der Waals surface area contributed by atoms with Crippen molar-refractivity contribution in [2.24, 2.45) is 0 Å². The Kier molecular flexibility index (Phi) is 4.68. The Bertz CT molecular complexity index is 1100. The highest BCUT2D eigenvalue weighted by molar-refractivity contribution is 5.90. The highest BCUT2D eigenvalue weighted by Crippen LogP contribution is 2.39. The second kappa shape index (κ2) is 6.87. The number of fused-ring (bicyclic) bond motifs is 1. The van der Waals surface area contributed by atoms with Gasteiger partial charge in [-0.15, -0.1) is 5.10 Å². The molecule has 0 saturated heterocycles.